The van der Waals surface area contributed by atoms with Crippen LogP contribution in [-0.2, 0) is 0 Å². The number of alkyl halides is 1. The first-order valence-electron chi connectivity index (χ1n) is 3.27. The molecule has 3 nitrogen and oxygen atoms in total. The summed E-state index contributed by atoms with van der Waals surface area (Å²) in [6.45, 7) is 1.07. The molecule has 0 radical (unpaired) electrons. The molecule has 0 saturated heterocycles. The zero-order chi connectivity index (χ0) is 7.40. The largest absolute Gasteiger partial charge is 0.396 e. The lowest BCUT2D eigenvalue weighted by molar-refractivity contribution is 0.295. The fraction of sp³-hybridized carbons (Fsp3) is 0.667. The Balaban J connectivity index is 2.33. The summed E-state index contributed by atoms with van der Waals surface area (Å²) < 4.78 is 0. The van der Waals surface area contributed by atoms with Gasteiger partial charge in [-0.15, -0.1) is 0 Å². The zero-order valence-electron chi connectivity index (χ0n) is 5.60. The summed E-state index contributed by atoms with van der Waals surface area (Å²) in [4.78, 5) is 0.315. The maximum atomic E-state index is 8.56. The summed E-state index contributed by atoms with van der Waals surface area (Å²) in [6, 6.07) is 0. The Labute approximate surface area is 68.6 Å². The van der Waals surface area contributed by atoms with Gasteiger partial charge in [0.1, 0.15) is 0 Å². The highest BCUT2D eigenvalue weighted by Crippen LogP contribution is 2.03. The molecule has 58 valence electrons. The van der Waals surface area contributed by atoms with Gasteiger partial charge in [-0.3, -0.25) is 0 Å². The molecule has 0 aromatic rings. The Bertz CT molecular complexity index is 138. The van der Waals surface area contributed by atoms with Crippen molar-refractivity contribution in [1.82, 2.24) is 10.6 Å². The predicted molar refractivity (Wildman–Crippen MR) is 43.6 cm³/mol. The number of nitrogens with one attached hydrogen (secondary N) is 2. The molecule has 1 aliphatic rings. The molecule has 0 aromatic heterocycles. The van der Waals surface area contributed by atoms with Crippen LogP contribution < -0.4 is 10.6 Å². The van der Waals surface area contributed by atoms with Gasteiger partial charge in [0.15, 0.2) is 0 Å². The van der Waals surface area contributed by atoms with Crippen LogP contribution >= 0.6 is 15.9 Å². The van der Waals surface area contributed by atoms with Crippen LogP contribution in [0.2, 0.25) is 0 Å². The van der Waals surface area contributed by atoms with Crippen molar-refractivity contribution in [3.63, 3.8) is 0 Å². The van der Waals surface area contributed by atoms with Crippen LogP contribution in [0.3, 0.4) is 0 Å². The van der Waals surface area contributed by atoms with E-state index in [0.29, 0.717) is 11.4 Å². The molecular weight excluding hydrogens is 196 g/mol. The Kier molecular flexibility index (Phi) is 3.02. The zero-order valence-corrected chi connectivity index (χ0v) is 7.19. The Hall–Kier alpha value is -0.220. The van der Waals surface area contributed by atoms with E-state index >= 15 is 0 Å². The second-order valence-electron chi connectivity index (χ2n) is 2.16. The average molecular weight is 207 g/mol. The molecule has 1 rings (SSSR count). The smallest absolute Gasteiger partial charge is 0.0988 e. The second kappa shape index (κ2) is 3.83. The van der Waals surface area contributed by atoms with Crippen molar-refractivity contribution in [2.45, 2.75) is 11.4 Å². The van der Waals surface area contributed by atoms with Crippen molar-refractivity contribution in [2.75, 3.05) is 13.2 Å². The second-order valence-corrected chi connectivity index (χ2v) is 3.26. The summed E-state index contributed by atoms with van der Waals surface area (Å²) in [6.07, 6.45) is 2.59. The molecule has 0 bridgehead atoms. The number of hydrogen-bond donors (Lipinski definition) is 3. The van der Waals surface area contributed by atoms with Gasteiger partial charge in [0.05, 0.1) is 4.95 Å². The number of aliphatic hydroxyl groups excluding tert-OH is 1. The minimum absolute atomic E-state index is 0.202. The maximum absolute atomic E-state index is 8.56. The van der Waals surface area contributed by atoms with E-state index in [1.165, 1.54) is 0 Å². The van der Waals surface area contributed by atoms with E-state index in [1.807, 2.05) is 6.20 Å². The molecule has 1 heterocycles. The highest BCUT2D eigenvalue weighted by atomic mass is 79.9. The van der Waals surface area contributed by atoms with Crippen LogP contribution in [0.4, 0.5) is 0 Å². The lowest BCUT2D eigenvalue weighted by Gasteiger charge is -2.20. The van der Waals surface area contributed by atoms with Gasteiger partial charge in [-0.1, -0.05) is 15.9 Å². The fourth-order valence-electron chi connectivity index (χ4n) is 0.803. The molecular formula is C6H11BrN2O. The van der Waals surface area contributed by atoms with Gasteiger partial charge in [-0.25, -0.2) is 0 Å². The monoisotopic (exact) mass is 206 g/mol. The van der Waals surface area contributed by atoms with Crippen LogP contribution in [0, 0.1) is 0 Å². The van der Waals surface area contributed by atoms with E-state index < -0.39 is 0 Å². The van der Waals surface area contributed by atoms with Crippen molar-refractivity contribution in [3.05, 3.63) is 11.9 Å². The van der Waals surface area contributed by atoms with E-state index in [0.717, 1.165) is 12.2 Å². The highest BCUT2D eigenvalue weighted by molar-refractivity contribution is 9.09. The molecule has 0 fully saturated rings. The highest BCUT2D eigenvalue weighted by Gasteiger charge is 2.07. The van der Waals surface area contributed by atoms with Crippen molar-refractivity contribution < 1.29 is 5.11 Å². The van der Waals surface area contributed by atoms with Gasteiger partial charge in [-0.2, -0.15) is 0 Å². The minimum atomic E-state index is 0.202. The lowest BCUT2D eigenvalue weighted by atomic mass is 10.3. The Morgan fingerprint density at radius 1 is 1.80 bits per heavy atom. The third-order valence-electron chi connectivity index (χ3n) is 1.33. The summed E-state index contributed by atoms with van der Waals surface area (Å²) >= 11 is 3.39. The molecule has 0 spiro atoms. The molecule has 1 aliphatic heterocycles. The van der Waals surface area contributed by atoms with Crippen molar-refractivity contribution in [1.29, 1.82) is 0 Å². The SMILES string of the molecule is OCCC1=CNC(Br)CN1. The molecule has 10 heavy (non-hydrogen) atoms. The third kappa shape index (κ3) is 2.19. The summed E-state index contributed by atoms with van der Waals surface area (Å²) in [7, 11) is 0. The minimum Gasteiger partial charge on any atom is -0.396 e. The van der Waals surface area contributed by atoms with Crippen LogP contribution in [0.1, 0.15) is 6.42 Å². The first-order valence-corrected chi connectivity index (χ1v) is 4.18. The van der Waals surface area contributed by atoms with E-state index in [2.05, 4.69) is 26.6 Å². The van der Waals surface area contributed by atoms with E-state index in [9.17, 15) is 0 Å². The lowest BCUT2D eigenvalue weighted by Crippen LogP contribution is -2.36. The van der Waals surface area contributed by atoms with Gasteiger partial charge in [-0.05, 0) is 0 Å². The Morgan fingerprint density at radius 2 is 2.60 bits per heavy atom. The van der Waals surface area contributed by atoms with Crippen LogP contribution in [0.15, 0.2) is 11.9 Å². The number of aliphatic hydroxyl groups is 1. The molecule has 0 aromatic carbocycles. The predicted octanol–water partition coefficient (Wildman–Crippen LogP) is 0.124. The number of rotatable bonds is 2. The quantitative estimate of drug-likeness (QED) is 0.445. The van der Waals surface area contributed by atoms with E-state index in [4.69, 9.17) is 5.11 Å². The van der Waals surface area contributed by atoms with Gasteiger partial charge in [0.25, 0.3) is 0 Å². The van der Waals surface area contributed by atoms with Crippen LogP contribution in [0.5, 0.6) is 0 Å². The summed E-state index contributed by atoms with van der Waals surface area (Å²) in [5.74, 6) is 0. The van der Waals surface area contributed by atoms with Gasteiger partial charge >= 0.3 is 0 Å². The van der Waals surface area contributed by atoms with Crippen molar-refractivity contribution in [2.24, 2.45) is 0 Å². The normalized spacial score (nSPS) is 24.6. The van der Waals surface area contributed by atoms with Gasteiger partial charge in [0.2, 0.25) is 0 Å². The first kappa shape index (κ1) is 7.88. The average Bonchev–Trinajstić information content (AvgIpc) is 1.95. The first-order chi connectivity index (χ1) is 4.83. The fourth-order valence-corrected chi connectivity index (χ4v) is 1.10. The standard InChI is InChI=1S/C6H11BrN2O/c7-6-4-8-5(1-2-10)3-9-6/h3,6,8-10H,1-2,4H2. The molecule has 1 atom stereocenters. The Morgan fingerprint density at radius 3 is 3.10 bits per heavy atom. The van der Waals surface area contributed by atoms with E-state index in [1.54, 1.807) is 0 Å². The van der Waals surface area contributed by atoms with Gasteiger partial charge < -0.3 is 15.7 Å². The molecule has 0 amide bonds. The molecule has 1 unspecified atom stereocenters. The number of halogens is 1. The van der Waals surface area contributed by atoms with Crippen molar-refractivity contribution >= 4 is 15.9 Å². The van der Waals surface area contributed by atoms with E-state index in [-0.39, 0.29) is 6.61 Å². The molecule has 0 aliphatic carbocycles. The molecule has 0 saturated carbocycles. The summed E-state index contributed by atoms with van der Waals surface area (Å²) in [5, 5.41) is 14.8. The van der Waals surface area contributed by atoms with Crippen LogP contribution in [0.25, 0.3) is 0 Å². The molecule has 3 N–H and O–H groups in total. The number of hydrogen-bond acceptors (Lipinski definition) is 3. The third-order valence-corrected chi connectivity index (χ3v) is 1.92. The topological polar surface area (TPSA) is 44.3 Å². The van der Waals surface area contributed by atoms with Crippen molar-refractivity contribution in [3.8, 4) is 0 Å². The summed E-state index contributed by atoms with van der Waals surface area (Å²) in [5.41, 5.74) is 1.07. The molecule has 4 heteroatoms. The van der Waals surface area contributed by atoms with Gasteiger partial charge in [0, 0.05) is 31.5 Å². The van der Waals surface area contributed by atoms with Crippen LogP contribution in [-0.4, -0.2) is 23.2 Å². The maximum Gasteiger partial charge on any atom is 0.0988 e.